The summed E-state index contributed by atoms with van der Waals surface area (Å²) >= 11 is 7.50. The normalized spacial score (nSPS) is 10.7. The van der Waals surface area contributed by atoms with Crippen molar-refractivity contribution in [3.8, 4) is 16.9 Å². The quantitative estimate of drug-likeness (QED) is 0.383. The van der Waals surface area contributed by atoms with Gasteiger partial charge in [-0.25, -0.2) is 4.68 Å². The van der Waals surface area contributed by atoms with Gasteiger partial charge in [0.2, 0.25) is 0 Å². The van der Waals surface area contributed by atoms with Crippen molar-refractivity contribution >= 4 is 29.6 Å². The number of rotatable bonds is 5. The number of aldehydes is 1. The summed E-state index contributed by atoms with van der Waals surface area (Å²) in [7, 11) is 0. The lowest BCUT2D eigenvalue weighted by molar-refractivity contribution is 0.112. The summed E-state index contributed by atoms with van der Waals surface area (Å²) in [6, 6.07) is 27.1. The van der Waals surface area contributed by atoms with Crippen LogP contribution >= 0.6 is 23.4 Å². The van der Waals surface area contributed by atoms with Crippen LogP contribution in [-0.4, -0.2) is 16.1 Å². The molecule has 0 atom stereocenters. The van der Waals surface area contributed by atoms with Gasteiger partial charge in [-0.1, -0.05) is 71.9 Å². The molecule has 0 aliphatic rings. The van der Waals surface area contributed by atoms with Crippen LogP contribution in [0.2, 0.25) is 5.02 Å². The second kappa shape index (κ2) is 7.82. The number of hydrogen-bond acceptors (Lipinski definition) is 3. The Hall–Kier alpha value is -2.82. The fourth-order valence-corrected chi connectivity index (χ4v) is 3.90. The molecule has 132 valence electrons. The lowest BCUT2D eigenvalue weighted by Gasteiger charge is -2.07. The molecule has 0 saturated heterocycles. The van der Waals surface area contributed by atoms with Gasteiger partial charge in [-0.3, -0.25) is 4.79 Å². The zero-order valence-electron chi connectivity index (χ0n) is 14.2. The lowest BCUT2D eigenvalue weighted by Crippen LogP contribution is -1.98. The average Bonchev–Trinajstić information content (AvgIpc) is 3.09. The van der Waals surface area contributed by atoms with Crippen LogP contribution in [0.5, 0.6) is 0 Å². The summed E-state index contributed by atoms with van der Waals surface area (Å²) in [6.07, 6.45) is 0.882. The third-order valence-electron chi connectivity index (χ3n) is 4.07. The molecule has 0 aliphatic heterocycles. The Morgan fingerprint density at radius 2 is 1.48 bits per heavy atom. The summed E-state index contributed by atoms with van der Waals surface area (Å²) in [5.74, 6) is 0. The topological polar surface area (TPSA) is 34.9 Å². The summed E-state index contributed by atoms with van der Waals surface area (Å²) in [5, 5.41) is 6.23. The molecule has 0 aliphatic carbocycles. The van der Waals surface area contributed by atoms with Gasteiger partial charge in [-0.15, -0.1) is 0 Å². The second-order valence-corrected chi connectivity index (χ2v) is 7.35. The van der Waals surface area contributed by atoms with Crippen LogP contribution in [0.4, 0.5) is 0 Å². The molecule has 1 aromatic heterocycles. The van der Waals surface area contributed by atoms with Gasteiger partial charge >= 0.3 is 0 Å². The summed E-state index contributed by atoms with van der Waals surface area (Å²) in [6.45, 7) is 0. The van der Waals surface area contributed by atoms with E-state index in [1.54, 1.807) is 0 Å². The minimum atomic E-state index is 0.574. The zero-order valence-corrected chi connectivity index (χ0v) is 15.8. The number of carbonyl (C=O) groups is 1. The number of nitrogens with zero attached hydrogens (tertiary/aromatic N) is 2. The molecule has 27 heavy (non-hydrogen) atoms. The minimum absolute atomic E-state index is 0.574. The molecule has 0 bridgehead atoms. The maximum absolute atomic E-state index is 12.0. The van der Waals surface area contributed by atoms with E-state index in [1.165, 1.54) is 11.8 Å². The number of carbonyl (C=O) groups excluding carboxylic acids is 1. The molecule has 0 unspecified atom stereocenters. The molecule has 0 amide bonds. The summed E-state index contributed by atoms with van der Waals surface area (Å²) in [5.41, 5.74) is 3.06. The van der Waals surface area contributed by atoms with E-state index in [0.29, 0.717) is 16.3 Å². The molecule has 5 heteroatoms. The molecule has 0 N–H and O–H groups in total. The van der Waals surface area contributed by atoms with Crippen LogP contribution in [0.25, 0.3) is 16.9 Å². The minimum Gasteiger partial charge on any atom is -0.298 e. The highest BCUT2D eigenvalue weighted by Crippen LogP contribution is 2.36. The van der Waals surface area contributed by atoms with Gasteiger partial charge < -0.3 is 0 Å². The highest BCUT2D eigenvalue weighted by Gasteiger charge is 2.20. The Balaban J connectivity index is 1.90. The molecular formula is C22H15ClN2OS. The highest BCUT2D eigenvalue weighted by molar-refractivity contribution is 7.99. The van der Waals surface area contributed by atoms with Crippen molar-refractivity contribution < 1.29 is 4.79 Å². The molecule has 4 aromatic rings. The van der Waals surface area contributed by atoms with Gasteiger partial charge in [0.15, 0.2) is 6.29 Å². The van der Waals surface area contributed by atoms with Gasteiger partial charge in [0.1, 0.15) is 10.7 Å². The highest BCUT2D eigenvalue weighted by atomic mass is 35.5. The number of hydrogen-bond donors (Lipinski definition) is 0. The molecule has 4 rings (SSSR count). The van der Waals surface area contributed by atoms with Gasteiger partial charge in [0, 0.05) is 15.5 Å². The van der Waals surface area contributed by atoms with Gasteiger partial charge in [-0.2, -0.15) is 5.10 Å². The maximum atomic E-state index is 12.0. The molecule has 0 saturated carbocycles. The largest absolute Gasteiger partial charge is 0.298 e. The monoisotopic (exact) mass is 390 g/mol. The van der Waals surface area contributed by atoms with E-state index in [-0.39, 0.29) is 0 Å². The fourth-order valence-electron chi connectivity index (χ4n) is 2.79. The van der Waals surface area contributed by atoms with Gasteiger partial charge in [0.05, 0.1) is 11.3 Å². The Morgan fingerprint density at radius 1 is 0.852 bits per heavy atom. The Bertz CT molecular complexity index is 1060. The van der Waals surface area contributed by atoms with Crippen LogP contribution in [0.15, 0.2) is 94.9 Å². The third kappa shape index (κ3) is 3.68. The van der Waals surface area contributed by atoms with Crippen LogP contribution in [0.1, 0.15) is 10.4 Å². The predicted molar refractivity (Wildman–Crippen MR) is 110 cm³/mol. The number of para-hydroxylation sites is 1. The number of aromatic nitrogens is 2. The van der Waals surface area contributed by atoms with Crippen molar-refractivity contribution in [2.75, 3.05) is 0 Å². The first-order valence-electron chi connectivity index (χ1n) is 8.39. The third-order valence-corrected chi connectivity index (χ3v) is 5.42. The summed E-state index contributed by atoms with van der Waals surface area (Å²) < 4.78 is 1.82. The van der Waals surface area contributed by atoms with Crippen molar-refractivity contribution in [3.63, 3.8) is 0 Å². The Morgan fingerprint density at radius 3 is 2.11 bits per heavy atom. The molecule has 3 aromatic carbocycles. The maximum Gasteiger partial charge on any atom is 0.155 e. The first-order chi connectivity index (χ1) is 13.3. The molecule has 3 nitrogen and oxygen atoms in total. The van der Waals surface area contributed by atoms with Crippen LogP contribution in [-0.2, 0) is 0 Å². The first kappa shape index (κ1) is 17.6. The van der Waals surface area contributed by atoms with Gasteiger partial charge in [-0.05, 0) is 36.4 Å². The first-order valence-corrected chi connectivity index (χ1v) is 9.58. The zero-order chi connectivity index (χ0) is 18.6. The SMILES string of the molecule is O=Cc1c(-c2ccccc2)nn(-c2ccccc2)c1Sc1ccc(Cl)cc1. The standard InChI is InChI=1S/C22H15ClN2OS/c23-17-11-13-19(14-12-17)27-22-20(15-26)21(16-7-3-1-4-8-16)24-25(22)18-9-5-2-6-10-18/h1-15H. The summed E-state index contributed by atoms with van der Waals surface area (Å²) in [4.78, 5) is 13.0. The van der Waals surface area contributed by atoms with Crippen LogP contribution in [0.3, 0.4) is 0 Å². The van der Waals surface area contributed by atoms with E-state index in [9.17, 15) is 4.79 Å². The molecule has 0 fully saturated rings. The fraction of sp³-hybridized carbons (Fsp3) is 0. The molecular weight excluding hydrogens is 376 g/mol. The predicted octanol–water partition coefficient (Wildman–Crippen LogP) is 6.16. The van der Waals surface area contributed by atoms with Crippen molar-refractivity contribution in [3.05, 3.63) is 95.5 Å². The van der Waals surface area contributed by atoms with Crippen molar-refractivity contribution in [2.24, 2.45) is 0 Å². The van der Waals surface area contributed by atoms with Crippen molar-refractivity contribution in [1.29, 1.82) is 0 Å². The average molecular weight is 391 g/mol. The van der Waals surface area contributed by atoms with Gasteiger partial charge in [0.25, 0.3) is 0 Å². The van der Waals surface area contributed by atoms with E-state index in [1.807, 2.05) is 89.6 Å². The van der Waals surface area contributed by atoms with E-state index >= 15 is 0 Å². The van der Waals surface area contributed by atoms with E-state index < -0.39 is 0 Å². The van der Waals surface area contributed by atoms with E-state index in [2.05, 4.69) is 0 Å². The lowest BCUT2D eigenvalue weighted by atomic mass is 10.1. The molecule has 0 spiro atoms. The number of benzene rings is 3. The Kier molecular flexibility index (Phi) is 5.10. The van der Waals surface area contributed by atoms with Crippen LogP contribution < -0.4 is 0 Å². The molecule has 1 heterocycles. The van der Waals surface area contributed by atoms with E-state index in [4.69, 9.17) is 16.7 Å². The smallest absolute Gasteiger partial charge is 0.155 e. The van der Waals surface area contributed by atoms with Crippen molar-refractivity contribution in [1.82, 2.24) is 9.78 Å². The Labute approximate surface area is 166 Å². The van der Waals surface area contributed by atoms with Crippen LogP contribution in [0, 0.1) is 0 Å². The number of halogens is 1. The second-order valence-electron chi connectivity index (χ2n) is 5.85. The van der Waals surface area contributed by atoms with Crippen molar-refractivity contribution in [2.45, 2.75) is 9.92 Å². The van der Waals surface area contributed by atoms with E-state index in [0.717, 1.165) is 27.5 Å². The molecule has 0 radical (unpaired) electrons.